The van der Waals surface area contributed by atoms with Crippen LogP contribution in [-0.4, -0.2) is 32.5 Å². The molecule has 1 aromatic heterocycles. The predicted octanol–water partition coefficient (Wildman–Crippen LogP) is 7.13. The van der Waals surface area contributed by atoms with Gasteiger partial charge in [0.2, 0.25) is 11.8 Å². The lowest BCUT2D eigenvalue weighted by Crippen LogP contribution is -2.28. The average molecular weight is 609 g/mol. The lowest BCUT2D eigenvalue weighted by atomic mass is 10.1. The van der Waals surface area contributed by atoms with E-state index in [1.807, 2.05) is 32.0 Å². The molecule has 0 aliphatic rings. The van der Waals surface area contributed by atoms with Crippen LogP contribution in [0.1, 0.15) is 37.0 Å². The van der Waals surface area contributed by atoms with Crippen LogP contribution in [0.25, 0.3) is 0 Å². The van der Waals surface area contributed by atoms with Crippen molar-refractivity contribution < 1.29 is 26.9 Å². The molecule has 1 heterocycles. The fraction of sp³-hybridized carbons (Fsp3) is 0.250. The van der Waals surface area contributed by atoms with E-state index >= 15 is 0 Å². The highest BCUT2D eigenvalue weighted by atomic mass is 35.5. The zero-order valence-electron chi connectivity index (χ0n) is 23.7. The van der Waals surface area contributed by atoms with Gasteiger partial charge < -0.3 is 14.4 Å². The largest absolute Gasteiger partial charge is 0.493 e. The van der Waals surface area contributed by atoms with Crippen LogP contribution in [0, 0.1) is 6.92 Å². The Morgan fingerprint density at radius 3 is 2.40 bits per heavy atom. The fourth-order valence-electron chi connectivity index (χ4n) is 4.12. The summed E-state index contributed by atoms with van der Waals surface area (Å²) in [5.74, 6) is 1.19. The minimum absolute atomic E-state index is 0.0285. The highest BCUT2D eigenvalue weighted by Crippen LogP contribution is 2.33. The van der Waals surface area contributed by atoms with Crippen molar-refractivity contribution in [2.75, 3.05) is 18.1 Å². The van der Waals surface area contributed by atoms with Crippen LogP contribution in [0.2, 0.25) is 5.02 Å². The van der Waals surface area contributed by atoms with Gasteiger partial charge in [-0.2, -0.15) is 8.42 Å². The van der Waals surface area contributed by atoms with Gasteiger partial charge in [0, 0.05) is 30.1 Å². The monoisotopic (exact) mass is 608 g/mol. The Bertz CT molecular complexity index is 1610. The molecule has 0 saturated carbocycles. The first kappa shape index (κ1) is 31.0. The van der Waals surface area contributed by atoms with Crippen molar-refractivity contribution in [2.45, 2.75) is 45.1 Å². The molecule has 0 spiro atoms. The van der Waals surface area contributed by atoms with Gasteiger partial charge in [0.15, 0.2) is 0 Å². The summed E-state index contributed by atoms with van der Waals surface area (Å²) < 4.78 is 42.2. The minimum Gasteiger partial charge on any atom is -0.493 e. The highest BCUT2D eigenvalue weighted by molar-refractivity contribution is 7.86. The van der Waals surface area contributed by atoms with Crippen molar-refractivity contribution in [3.8, 4) is 17.4 Å². The van der Waals surface area contributed by atoms with E-state index in [2.05, 4.69) is 4.98 Å². The van der Waals surface area contributed by atoms with Crippen molar-refractivity contribution in [1.29, 1.82) is 0 Å². The maximum absolute atomic E-state index is 12.9. The Balaban J connectivity index is 1.47. The zero-order chi connectivity index (χ0) is 30.1. The molecule has 0 atom stereocenters. The number of carbonyl (C=O) groups is 1. The lowest BCUT2D eigenvalue weighted by Gasteiger charge is -2.24. The van der Waals surface area contributed by atoms with Crippen molar-refractivity contribution in [3.05, 3.63) is 107 Å². The Morgan fingerprint density at radius 2 is 1.71 bits per heavy atom. The highest BCUT2D eigenvalue weighted by Gasteiger charge is 2.21. The summed E-state index contributed by atoms with van der Waals surface area (Å²) in [4.78, 5) is 19.0. The van der Waals surface area contributed by atoms with Gasteiger partial charge in [-0.05, 0) is 73.5 Å². The molecule has 4 aromatic rings. The zero-order valence-corrected chi connectivity index (χ0v) is 25.3. The number of hydrogen-bond acceptors (Lipinski definition) is 7. The number of aromatic nitrogens is 1. The Kier molecular flexibility index (Phi) is 10.6. The van der Waals surface area contributed by atoms with Gasteiger partial charge in [0.05, 0.1) is 24.7 Å². The summed E-state index contributed by atoms with van der Waals surface area (Å²) in [5.41, 5.74) is 3.34. The summed E-state index contributed by atoms with van der Waals surface area (Å²) in [6.07, 6.45) is 2.74. The van der Waals surface area contributed by atoms with Gasteiger partial charge in [0.25, 0.3) is 10.1 Å². The van der Waals surface area contributed by atoms with Crippen LogP contribution in [0.15, 0.2) is 90.0 Å². The first-order valence-electron chi connectivity index (χ1n) is 13.5. The molecule has 220 valence electrons. The summed E-state index contributed by atoms with van der Waals surface area (Å²) in [6, 6.07) is 22.7. The van der Waals surface area contributed by atoms with E-state index in [0.29, 0.717) is 28.6 Å². The number of amides is 1. The average Bonchev–Trinajstić information content (AvgIpc) is 2.98. The lowest BCUT2D eigenvalue weighted by molar-refractivity contribution is -0.116. The predicted molar refractivity (Wildman–Crippen MR) is 163 cm³/mol. The van der Waals surface area contributed by atoms with E-state index in [9.17, 15) is 13.2 Å². The number of hydrogen-bond donors (Lipinski definition) is 0. The SMILES string of the molecule is CCc1ccc(OCCCOS(=O)(=O)c2ccc(C)cc2)c(CN(C(C)=O)c2cccnc2Oc2ccc(Cl)cc2)c1. The first-order chi connectivity index (χ1) is 20.2. The van der Waals surface area contributed by atoms with E-state index in [1.54, 1.807) is 59.6 Å². The van der Waals surface area contributed by atoms with Crippen LogP contribution < -0.4 is 14.4 Å². The molecule has 3 aromatic carbocycles. The third-order valence-corrected chi connectivity index (χ3v) is 7.98. The van der Waals surface area contributed by atoms with Crippen molar-refractivity contribution in [2.24, 2.45) is 0 Å². The number of ether oxygens (including phenoxy) is 2. The summed E-state index contributed by atoms with van der Waals surface area (Å²) in [5, 5.41) is 0.580. The summed E-state index contributed by atoms with van der Waals surface area (Å²) in [7, 11) is -3.85. The van der Waals surface area contributed by atoms with Gasteiger partial charge in [-0.25, -0.2) is 4.98 Å². The molecule has 0 aliphatic heterocycles. The number of pyridine rings is 1. The number of halogens is 1. The molecule has 0 aliphatic carbocycles. The molecular formula is C32H33ClN2O6S. The fourth-order valence-corrected chi connectivity index (χ4v) is 5.19. The molecule has 1 amide bonds. The van der Waals surface area contributed by atoms with Crippen LogP contribution in [0.4, 0.5) is 5.69 Å². The second-order valence-corrected chi connectivity index (χ2v) is 11.6. The van der Waals surface area contributed by atoms with Crippen LogP contribution in [0.5, 0.6) is 17.4 Å². The first-order valence-corrected chi connectivity index (χ1v) is 15.3. The topological polar surface area (TPSA) is 95.0 Å². The van der Waals surface area contributed by atoms with E-state index in [0.717, 1.165) is 23.1 Å². The van der Waals surface area contributed by atoms with Gasteiger partial charge in [0.1, 0.15) is 17.2 Å². The van der Waals surface area contributed by atoms with E-state index in [1.165, 1.54) is 19.1 Å². The Labute approximate surface area is 252 Å². The molecule has 0 fully saturated rings. The second-order valence-electron chi connectivity index (χ2n) is 9.58. The molecule has 4 rings (SSSR count). The molecule has 0 radical (unpaired) electrons. The normalized spacial score (nSPS) is 11.2. The Morgan fingerprint density at radius 1 is 0.976 bits per heavy atom. The van der Waals surface area contributed by atoms with E-state index in [-0.39, 0.29) is 36.4 Å². The molecular weight excluding hydrogens is 576 g/mol. The van der Waals surface area contributed by atoms with Crippen molar-refractivity contribution in [3.63, 3.8) is 0 Å². The quantitative estimate of drug-likeness (QED) is 0.118. The minimum atomic E-state index is -3.85. The van der Waals surface area contributed by atoms with Gasteiger partial charge in [-0.15, -0.1) is 0 Å². The number of nitrogens with zero attached hydrogens (tertiary/aromatic N) is 2. The van der Waals surface area contributed by atoms with Gasteiger partial charge >= 0.3 is 0 Å². The van der Waals surface area contributed by atoms with Gasteiger partial charge in [-0.3, -0.25) is 8.98 Å². The third-order valence-electron chi connectivity index (χ3n) is 6.41. The maximum Gasteiger partial charge on any atom is 0.296 e. The van der Waals surface area contributed by atoms with Crippen LogP contribution in [0.3, 0.4) is 0 Å². The number of carbonyl (C=O) groups excluding carboxylic acids is 1. The van der Waals surface area contributed by atoms with E-state index in [4.69, 9.17) is 25.3 Å². The van der Waals surface area contributed by atoms with Crippen LogP contribution in [-0.2, 0) is 32.1 Å². The number of benzene rings is 3. The molecule has 0 bridgehead atoms. The Hall–Kier alpha value is -3.92. The molecule has 10 heteroatoms. The van der Waals surface area contributed by atoms with E-state index < -0.39 is 10.1 Å². The number of rotatable bonds is 13. The summed E-state index contributed by atoms with van der Waals surface area (Å²) in [6.45, 7) is 5.82. The molecule has 0 saturated heterocycles. The maximum atomic E-state index is 12.9. The molecule has 42 heavy (non-hydrogen) atoms. The molecule has 0 N–H and O–H groups in total. The van der Waals surface area contributed by atoms with Crippen LogP contribution >= 0.6 is 11.6 Å². The van der Waals surface area contributed by atoms with Crippen molar-refractivity contribution in [1.82, 2.24) is 4.98 Å². The third kappa shape index (κ3) is 8.31. The molecule has 8 nitrogen and oxygen atoms in total. The number of aryl methyl sites for hydroxylation is 2. The standard InChI is InChI=1S/C32H33ClN2O6S/c1-4-25-10-17-31(39-19-6-20-40-42(37,38)29-15-8-23(2)9-16-29)26(21-25)22-35(24(3)36)30-7-5-18-34-32(30)41-28-13-11-27(33)12-14-28/h5,7-18,21H,4,6,19-20,22H2,1-3H3. The van der Waals surface area contributed by atoms with Gasteiger partial charge in [-0.1, -0.05) is 48.4 Å². The molecule has 0 unspecified atom stereocenters. The number of anilines is 1. The smallest absolute Gasteiger partial charge is 0.296 e. The second kappa shape index (κ2) is 14.3. The summed E-state index contributed by atoms with van der Waals surface area (Å²) >= 11 is 6.00. The van der Waals surface area contributed by atoms with Crippen molar-refractivity contribution >= 4 is 33.3 Å².